The van der Waals surface area contributed by atoms with Crippen molar-refractivity contribution in [3.8, 4) is 0 Å². The van der Waals surface area contributed by atoms with Crippen molar-refractivity contribution >= 4 is 6.03 Å². The second kappa shape index (κ2) is 8.24. The van der Waals surface area contributed by atoms with Gasteiger partial charge in [0.1, 0.15) is 5.82 Å². The van der Waals surface area contributed by atoms with Crippen molar-refractivity contribution in [3.63, 3.8) is 0 Å². The number of piperidine rings is 1. The van der Waals surface area contributed by atoms with Gasteiger partial charge in [-0.2, -0.15) is 0 Å². The Labute approximate surface area is 164 Å². The summed E-state index contributed by atoms with van der Waals surface area (Å²) in [6.45, 7) is 2.62. The average Bonchev–Trinajstić information content (AvgIpc) is 3.38. The van der Waals surface area contributed by atoms with Gasteiger partial charge >= 0.3 is 6.03 Å². The SMILES string of the molecule is Cn1c(Cn2ccnc2)nnc1[C@H]1CCCN(C(=O)NCc2ccccc2)C1. The highest BCUT2D eigenvalue weighted by atomic mass is 16.2. The number of likely N-dealkylation sites (tertiary alicyclic amines) is 1. The van der Waals surface area contributed by atoms with Crippen LogP contribution in [0.1, 0.15) is 36.0 Å². The van der Waals surface area contributed by atoms with Crippen LogP contribution in [-0.4, -0.2) is 48.3 Å². The molecule has 0 spiro atoms. The highest BCUT2D eigenvalue weighted by Gasteiger charge is 2.28. The summed E-state index contributed by atoms with van der Waals surface area (Å²) >= 11 is 0. The van der Waals surface area contributed by atoms with Crippen LogP contribution in [0.3, 0.4) is 0 Å². The zero-order valence-corrected chi connectivity index (χ0v) is 16.0. The fourth-order valence-electron chi connectivity index (χ4n) is 3.67. The molecule has 8 heteroatoms. The monoisotopic (exact) mass is 379 g/mol. The van der Waals surface area contributed by atoms with E-state index in [-0.39, 0.29) is 11.9 Å². The molecule has 146 valence electrons. The number of carbonyl (C=O) groups is 1. The second-order valence-corrected chi connectivity index (χ2v) is 7.20. The third-order valence-corrected chi connectivity index (χ3v) is 5.24. The molecule has 1 fully saturated rings. The van der Waals surface area contributed by atoms with E-state index in [1.807, 2.05) is 53.0 Å². The lowest BCUT2D eigenvalue weighted by Crippen LogP contribution is -2.45. The predicted octanol–water partition coefficient (Wildman–Crippen LogP) is 2.15. The summed E-state index contributed by atoms with van der Waals surface area (Å²) < 4.78 is 4.02. The Morgan fingerprint density at radius 1 is 1.25 bits per heavy atom. The minimum atomic E-state index is -0.0191. The topological polar surface area (TPSA) is 80.9 Å². The van der Waals surface area contributed by atoms with E-state index in [0.717, 1.165) is 36.6 Å². The lowest BCUT2D eigenvalue weighted by atomic mass is 9.97. The first-order valence-corrected chi connectivity index (χ1v) is 9.61. The fourth-order valence-corrected chi connectivity index (χ4v) is 3.67. The maximum Gasteiger partial charge on any atom is 0.317 e. The third kappa shape index (κ3) is 4.05. The number of aromatic nitrogens is 5. The molecule has 1 aromatic carbocycles. The van der Waals surface area contributed by atoms with Gasteiger partial charge in [0.15, 0.2) is 5.82 Å². The van der Waals surface area contributed by atoms with E-state index < -0.39 is 0 Å². The van der Waals surface area contributed by atoms with Gasteiger partial charge in [-0.25, -0.2) is 9.78 Å². The maximum atomic E-state index is 12.6. The summed E-state index contributed by atoms with van der Waals surface area (Å²) in [5.41, 5.74) is 1.10. The van der Waals surface area contributed by atoms with E-state index in [1.165, 1.54) is 0 Å². The number of hydrogen-bond acceptors (Lipinski definition) is 4. The van der Waals surface area contributed by atoms with Gasteiger partial charge in [-0.3, -0.25) is 0 Å². The minimum Gasteiger partial charge on any atom is -0.334 e. The summed E-state index contributed by atoms with van der Waals surface area (Å²) in [6, 6.07) is 9.94. The number of amides is 2. The van der Waals surface area contributed by atoms with Gasteiger partial charge in [-0.1, -0.05) is 30.3 Å². The van der Waals surface area contributed by atoms with Gasteiger partial charge < -0.3 is 19.4 Å². The smallest absolute Gasteiger partial charge is 0.317 e. The summed E-state index contributed by atoms with van der Waals surface area (Å²) in [6.07, 6.45) is 7.42. The summed E-state index contributed by atoms with van der Waals surface area (Å²) in [4.78, 5) is 18.6. The number of nitrogens with zero attached hydrogens (tertiary/aromatic N) is 6. The Kier molecular flexibility index (Phi) is 5.36. The van der Waals surface area contributed by atoms with Crippen LogP contribution < -0.4 is 5.32 Å². The Balaban J connectivity index is 1.38. The molecule has 0 bridgehead atoms. The van der Waals surface area contributed by atoms with Crippen molar-refractivity contribution in [1.82, 2.24) is 34.5 Å². The quantitative estimate of drug-likeness (QED) is 0.737. The van der Waals surface area contributed by atoms with Gasteiger partial charge in [-0.15, -0.1) is 10.2 Å². The molecule has 1 aliphatic heterocycles. The van der Waals surface area contributed by atoms with Gasteiger partial charge in [0.05, 0.1) is 12.9 Å². The van der Waals surface area contributed by atoms with Crippen molar-refractivity contribution in [2.45, 2.75) is 31.8 Å². The van der Waals surface area contributed by atoms with Crippen LogP contribution in [-0.2, 0) is 20.1 Å². The number of carbonyl (C=O) groups excluding carboxylic acids is 1. The normalized spacial score (nSPS) is 16.9. The highest BCUT2D eigenvalue weighted by molar-refractivity contribution is 5.74. The molecule has 0 unspecified atom stereocenters. The number of urea groups is 1. The van der Waals surface area contributed by atoms with Crippen LogP contribution in [0.4, 0.5) is 4.79 Å². The second-order valence-electron chi connectivity index (χ2n) is 7.20. The van der Waals surface area contributed by atoms with Gasteiger partial charge in [0.2, 0.25) is 0 Å². The zero-order valence-electron chi connectivity index (χ0n) is 16.0. The first kappa shape index (κ1) is 18.2. The van der Waals surface area contributed by atoms with Gasteiger partial charge in [-0.05, 0) is 18.4 Å². The van der Waals surface area contributed by atoms with E-state index in [0.29, 0.717) is 19.6 Å². The number of rotatable bonds is 5. The molecule has 8 nitrogen and oxygen atoms in total. The first-order valence-electron chi connectivity index (χ1n) is 9.61. The molecule has 3 aromatic rings. The molecule has 1 aliphatic rings. The van der Waals surface area contributed by atoms with E-state index in [2.05, 4.69) is 25.1 Å². The molecule has 28 heavy (non-hydrogen) atoms. The van der Waals surface area contributed by atoms with Crippen LogP contribution in [0, 0.1) is 0 Å². The molecule has 1 atom stereocenters. The first-order chi connectivity index (χ1) is 13.7. The van der Waals surface area contributed by atoms with Crippen LogP contribution in [0.15, 0.2) is 49.1 Å². The molecule has 3 heterocycles. The molecule has 4 rings (SSSR count). The van der Waals surface area contributed by atoms with E-state index in [9.17, 15) is 4.79 Å². The largest absolute Gasteiger partial charge is 0.334 e. The molecule has 1 saturated heterocycles. The van der Waals surface area contributed by atoms with Crippen molar-refractivity contribution < 1.29 is 4.79 Å². The molecular formula is C20H25N7O. The van der Waals surface area contributed by atoms with Crippen molar-refractivity contribution in [2.24, 2.45) is 7.05 Å². The zero-order chi connectivity index (χ0) is 19.3. The van der Waals surface area contributed by atoms with E-state index >= 15 is 0 Å². The Morgan fingerprint density at radius 2 is 2.11 bits per heavy atom. The Hall–Kier alpha value is -3.16. The molecule has 0 radical (unpaired) electrons. The van der Waals surface area contributed by atoms with Crippen LogP contribution in [0.2, 0.25) is 0 Å². The fraction of sp³-hybridized carbons (Fsp3) is 0.400. The van der Waals surface area contributed by atoms with Crippen molar-refractivity contribution in [2.75, 3.05) is 13.1 Å². The highest BCUT2D eigenvalue weighted by Crippen LogP contribution is 2.26. The lowest BCUT2D eigenvalue weighted by Gasteiger charge is -2.32. The maximum absolute atomic E-state index is 12.6. The van der Waals surface area contributed by atoms with E-state index in [4.69, 9.17) is 0 Å². The number of benzene rings is 1. The van der Waals surface area contributed by atoms with Crippen molar-refractivity contribution in [1.29, 1.82) is 0 Å². The molecule has 0 aliphatic carbocycles. The molecular weight excluding hydrogens is 354 g/mol. The summed E-state index contributed by atoms with van der Waals surface area (Å²) in [5.74, 6) is 2.03. The van der Waals surface area contributed by atoms with Crippen LogP contribution >= 0.6 is 0 Å². The minimum absolute atomic E-state index is 0.0191. The third-order valence-electron chi connectivity index (χ3n) is 5.24. The number of hydrogen-bond donors (Lipinski definition) is 1. The molecule has 2 amide bonds. The molecule has 0 saturated carbocycles. The summed E-state index contributed by atoms with van der Waals surface area (Å²) in [5, 5.41) is 11.8. The predicted molar refractivity (Wildman–Crippen MR) is 105 cm³/mol. The Morgan fingerprint density at radius 3 is 2.89 bits per heavy atom. The standard InChI is InChI=1S/C20H25N7O/c1-25-18(14-26-11-9-21-15-26)23-24-19(25)17-8-5-10-27(13-17)20(28)22-12-16-6-3-2-4-7-16/h2-4,6-7,9,11,15,17H,5,8,10,12-14H2,1H3,(H,22,28)/t17-/m0/s1. The molecule has 1 N–H and O–H groups in total. The van der Waals surface area contributed by atoms with Gasteiger partial charge in [0.25, 0.3) is 0 Å². The number of imidazole rings is 1. The lowest BCUT2D eigenvalue weighted by molar-refractivity contribution is 0.177. The average molecular weight is 379 g/mol. The van der Waals surface area contributed by atoms with Crippen molar-refractivity contribution in [3.05, 3.63) is 66.3 Å². The van der Waals surface area contributed by atoms with Crippen LogP contribution in [0.5, 0.6) is 0 Å². The van der Waals surface area contributed by atoms with Gasteiger partial charge in [0, 0.05) is 45.0 Å². The summed E-state index contributed by atoms with van der Waals surface area (Å²) in [7, 11) is 2.00. The molecule has 2 aromatic heterocycles. The van der Waals surface area contributed by atoms with Crippen LogP contribution in [0.25, 0.3) is 0 Å². The number of nitrogens with one attached hydrogen (secondary N) is 1. The van der Waals surface area contributed by atoms with E-state index in [1.54, 1.807) is 12.5 Å². The Bertz CT molecular complexity index is 904.